The van der Waals surface area contributed by atoms with Gasteiger partial charge in [0.05, 0.1) is 11.5 Å². The van der Waals surface area contributed by atoms with Crippen molar-refractivity contribution in [2.45, 2.75) is 64.0 Å². The predicted molar refractivity (Wildman–Crippen MR) is 138 cm³/mol. The average Bonchev–Trinajstić information content (AvgIpc) is 3.35. The molecule has 0 spiro atoms. The molecule has 1 aromatic heterocycles. The largest absolute Gasteiger partial charge is 0.480 e. The summed E-state index contributed by atoms with van der Waals surface area (Å²) in [7, 11) is 0. The first-order valence-electron chi connectivity index (χ1n) is 12.5. The van der Waals surface area contributed by atoms with E-state index in [1.54, 1.807) is 42.7 Å². The van der Waals surface area contributed by atoms with Gasteiger partial charge in [0.25, 0.3) is 0 Å². The number of hydrogen-bond donors (Lipinski definition) is 5. The Morgan fingerprint density at radius 1 is 1.05 bits per heavy atom. The van der Waals surface area contributed by atoms with E-state index in [4.69, 9.17) is 5.73 Å². The van der Waals surface area contributed by atoms with Gasteiger partial charge < -0.3 is 26.8 Å². The maximum absolute atomic E-state index is 13.2. The number of carbonyl (C=O) groups excluding carboxylic acids is 3. The monoisotopic (exact) mass is 509 g/mol. The highest BCUT2D eigenvalue weighted by Gasteiger charge is 2.42. The van der Waals surface area contributed by atoms with Gasteiger partial charge in [0.15, 0.2) is 0 Å². The first kappa shape index (κ1) is 27.8. The summed E-state index contributed by atoms with van der Waals surface area (Å²) < 4.78 is 0. The predicted octanol–water partition coefficient (Wildman–Crippen LogP) is 1.79. The van der Waals surface area contributed by atoms with Crippen molar-refractivity contribution in [2.75, 3.05) is 11.9 Å². The van der Waals surface area contributed by atoms with E-state index in [-0.39, 0.29) is 24.1 Å². The quantitative estimate of drug-likeness (QED) is 0.291. The van der Waals surface area contributed by atoms with Crippen LogP contribution in [0.2, 0.25) is 0 Å². The van der Waals surface area contributed by atoms with E-state index in [9.17, 15) is 24.3 Å². The number of aliphatic carboxylic acids is 1. The van der Waals surface area contributed by atoms with Crippen LogP contribution in [0.5, 0.6) is 0 Å². The fourth-order valence-electron chi connectivity index (χ4n) is 4.69. The highest BCUT2D eigenvalue weighted by Crippen LogP contribution is 2.41. The Hall–Kier alpha value is -3.79. The highest BCUT2D eigenvalue weighted by atomic mass is 16.4. The van der Waals surface area contributed by atoms with Gasteiger partial charge in [-0.05, 0) is 55.0 Å². The van der Waals surface area contributed by atoms with Crippen LogP contribution < -0.4 is 21.7 Å². The van der Waals surface area contributed by atoms with Crippen molar-refractivity contribution in [1.29, 1.82) is 0 Å². The Balaban J connectivity index is 1.57. The lowest BCUT2D eigenvalue weighted by atomic mass is 9.81. The van der Waals surface area contributed by atoms with Crippen LogP contribution >= 0.6 is 0 Å². The summed E-state index contributed by atoms with van der Waals surface area (Å²) >= 11 is 0. The maximum Gasteiger partial charge on any atom is 0.326 e. The lowest BCUT2D eigenvalue weighted by Gasteiger charge is -2.29. The first-order chi connectivity index (χ1) is 17.7. The highest BCUT2D eigenvalue weighted by molar-refractivity contribution is 5.94. The zero-order chi connectivity index (χ0) is 26.8. The molecule has 10 nitrogen and oxygen atoms in total. The van der Waals surface area contributed by atoms with Crippen LogP contribution in [-0.2, 0) is 32.0 Å². The molecule has 2 atom stereocenters. The van der Waals surface area contributed by atoms with E-state index < -0.39 is 23.5 Å². The number of rotatable bonds is 12. The van der Waals surface area contributed by atoms with E-state index in [1.165, 1.54) is 6.92 Å². The minimum atomic E-state index is -1.12. The molecule has 0 saturated heterocycles. The van der Waals surface area contributed by atoms with Crippen molar-refractivity contribution in [3.63, 3.8) is 0 Å². The third-order valence-corrected chi connectivity index (χ3v) is 6.80. The smallest absolute Gasteiger partial charge is 0.326 e. The van der Waals surface area contributed by atoms with Crippen LogP contribution in [0.25, 0.3) is 0 Å². The number of hydrogen-bond acceptors (Lipinski definition) is 6. The lowest BCUT2D eigenvalue weighted by Crippen LogP contribution is -2.49. The Morgan fingerprint density at radius 3 is 2.35 bits per heavy atom. The van der Waals surface area contributed by atoms with Crippen LogP contribution in [-0.4, -0.2) is 52.4 Å². The van der Waals surface area contributed by atoms with Gasteiger partial charge in [0.2, 0.25) is 17.7 Å². The Bertz CT molecular complexity index is 1080. The molecule has 0 aliphatic heterocycles. The van der Waals surface area contributed by atoms with E-state index >= 15 is 0 Å². The van der Waals surface area contributed by atoms with Gasteiger partial charge in [-0.25, -0.2) is 4.79 Å². The van der Waals surface area contributed by atoms with E-state index in [2.05, 4.69) is 20.9 Å². The second kappa shape index (κ2) is 13.0. The zero-order valence-corrected chi connectivity index (χ0v) is 21.0. The molecule has 3 rings (SSSR count). The molecule has 1 fully saturated rings. The molecule has 3 amide bonds. The Labute approximate surface area is 216 Å². The fraction of sp³-hybridized carbons (Fsp3) is 0.444. The number of nitrogens with one attached hydrogen (secondary N) is 3. The number of carboxylic acid groups (broad SMARTS) is 1. The topological polar surface area (TPSA) is 164 Å². The summed E-state index contributed by atoms with van der Waals surface area (Å²) in [4.78, 5) is 52.8. The molecule has 1 aliphatic carbocycles. The molecule has 37 heavy (non-hydrogen) atoms. The molecule has 198 valence electrons. The third kappa shape index (κ3) is 8.11. The van der Waals surface area contributed by atoms with Gasteiger partial charge in [0.1, 0.15) is 6.04 Å². The molecule has 0 unspecified atom stereocenters. The molecular weight excluding hydrogens is 474 g/mol. The standard InChI is InChI=1S/C27H35N5O5/c1-18(33)30-14-12-27(10-2-3-11-27)26(37)32-23(25(35)36)16-19-6-8-21(9-7-19)31-24(34)22(28)15-20-5-4-13-29-17-20/h4-9,13,17,22-23H,2-3,10-12,14-16,28H2,1H3,(H,30,33)(H,31,34)(H,32,37)(H,35,36)/t22-,23+/m1/s1. The van der Waals surface area contributed by atoms with E-state index in [1.807, 2.05) is 6.07 Å². The summed E-state index contributed by atoms with van der Waals surface area (Å²) in [6, 6.07) is 8.57. The SMILES string of the molecule is CC(=O)NCCC1(C(=O)N[C@@H](Cc2ccc(NC(=O)[C@H](N)Cc3cccnc3)cc2)C(=O)O)CCCC1. The number of aromatic nitrogens is 1. The van der Waals surface area contributed by atoms with Crippen molar-refractivity contribution in [1.82, 2.24) is 15.6 Å². The van der Waals surface area contributed by atoms with Crippen LogP contribution in [0.15, 0.2) is 48.8 Å². The normalized spacial score (nSPS) is 15.8. The van der Waals surface area contributed by atoms with Gasteiger partial charge in [-0.1, -0.05) is 31.0 Å². The van der Waals surface area contributed by atoms with Crippen LogP contribution in [0.1, 0.15) is 50.2 Å². The lowest BCUT2D eigenvalue weighted by molar-refractivity contribution is -0.144. The molecule has 1 aromatic carbocycles. The summed E-state index contributed by atoms with van der Waals surface area (Å²) in [6.07, 6.45) is 7.36. The summed E-state index contributed by atoms with van der Waals surface area (Å²) in [5.41, 5.74) is 7.44. The summed E-state index contributed by atoms with van der Waals surface area (Å²) in [5.74, 6) is -1.91. The molecule has 1 aliphatic rings. The van der Waals surface area contributed by atoms with Crippen molar-refractivity contribution in [2.24, 2.45) is 11.1 Å². The molecule has 2 aromatic rings. The van der Waals surface area contributed by atoms with Crippen molar-refractivity contribution < 1.29 is 24.3 Å². The van der Waals surface area contributed by atoms with Gasteiger partial charge in [-0.2, -0.15) is 0 Å². The molecule has 10 heteroatoms. The van der Waals surface area contributed by atoms with Crippen LogP contribution in [0.3, 0.4) is 0 Å². The number of anilines is 1. The number of benzene rings is 1. The molecule has 6 N–H and O–H groups in total. The van der Waals surface area contributed by atoms with Crippen LogP contribution in [0.4, 0.5) is 5.69 Å². The van der Waals surface area contributed by atoms with Crippen molar-refractivity contribution in [3.05, 3.63) is 59.9 Å². The van der Waals surface area contributed by atoms with Gasteiger partial charge in [-0.15, -0.1) is 0 Å². The summed E-state index contributed by atoms with van der Waals surface area (Å²) in [6.45, 7) is 1.80. The minimum Gasteiger partial charge on any atom is -0.480 e. The van der Waals surface area contributed by atoms with Crippen molar-refractivity contribution in [3.8, 4) is 0 Å². The van der Waals surface area contributed by atoms with E-state index in [0.29, 0.717) is 43.5 Å². The van der Waals surface area contributed by atoms with Gasteiger partial charge in [0, 0.05) is 38.0 Å². The third-order valence-electron chi connectivity index (χ3n) is 6.80. The van der Waals surface area contributed by atoms with Gasteiger partial charge in [-0.3, -0.25) is 19.4 Å². The number of amides is 3. The Kier molecular flexibility index (Phi) is 9.73. The number of carboxylic acids is 1. The maximum atomic E-state index is 13.2. The van der Waals surface area contributed by atoms with Crippen LogP contribution in [0, 0.1) is 5.41 Å². The summed E-state index contributed by atoms with van der Waals surface area (Å²) in [5, 5.41) is 18.0. The molecule has 0 radical (unpaired) electrons. The number of nitrogens with zero attached hydrogens (tertiary/aromatic N) is 1. The number of pyridine rings is 1. The fourth-order valence-corrected chi connectivity index (χ4v) is 4.69. The Morgan fingerprint density at radius 2 is 1.76 bits per heavy atom. The second-order valence-corrected chi connectivity index (χ2v) is 9.65. The molecular formula is C27H35N5O5. The van der Waals surface area contributed by atoms with Gasteiger partial charge >= 0.3 is 5.97 Å². The number of nitrogens with two attached hydrogens (primary N) is 1. The average molecular weight is 510 g/mol. The zero-order valence-electron chi connectivity index (χ0n) is 21.0. The van der Waals surface area contributed by atoms with E-state index in [0.717, 1.165) is 18.4 Å². The molecule has 0 bridgehead atoms. The first-order valence-corrected chi connectivity index (χ1v) is 12.5. The molecule has 1 heterocycles. The van der Waals surface area contributed by atoms with Crippen molar-refractivity contribution >= 4 is 29.4 Å². The number of carbonyl (C=O) groups is 4. The second-order valence-electron chi connectivity index (χ2n) is 9.65. The minimum absolute atomic E-state index is 0.0948. The molecule has 1 saturated carbocycles.